The topological polar surface area (TPSA) is 86.8 Å². The van der Waals surface area contributed by atoms with Gasteiger partial charge in [0, 0.05) is 29.6 Å². The second-order valence-corrected chi connectivity index (χ2v) is 13.9. The van der Waals surface area contributed by atoms with E-state index in [0.717, 1.165) is 33.8 Å². The van der Waals surface area contributed by atoms with E-state index in [4.69, 9.17) is 23.2 Å². The molecule has 0 saturated carbocycles. The van der Waals surface area contributed by atoms with E-state index in [-0.39, 0.29) is 23.8 Å². The largest absolute Gasteiger partial charge is 0.354 e. The average molecular weight is 681 g/mol. The summed E-state index contributed by atoms with van der Waals surface area (Å²) in [5, 5.41) is 3.81. The summed E-state index contributed by atoms with van der Waals surface area (Å²) in [6.45, 7) is 5.75. The molecule has 4 aromatic rings. The molecule has 1 atom stereocenters. The van der Waals surface area contributed by atoms with Crippen LogP contribution in [-0.2, 0) is 32.6 Å². The highest BCUT2D eigenvalue weighted by molar-refractivity contribution is 7.92. The van der Waals surface area contributed by atoms with Gasteiger partial charge in [0.05, 0.1) is 10.6 Å². The number of rotatable bonds is 14. The Bertz CT molecular complexity index is 1750. The number of nitrogens with one attached hydrogen (secondary N) is 1. The molecule has 0 spiro atoms. The lowest BCUT2D eigenvalue weighted by molar-refractivity contribution is -0.140. The van der Waals surface area contributed by atoms with Gasteiger partial charge in [-0.3, -0.25) is 13.9 Å². The number of benzene rings is 4. The molecule has 0 fully saturated rings. The van der Waals surface area contributed by atoms with Crippen LogP contribution in [-0.4, -0.2) is 44.3 Å². The Hall–Kier alpha value is -3.85. The van der Waals surface area contributed by atoms with Gasteiger partial charge in [0.15, 0.2) is 0 Å². The predicted octanol–water partition coefficient (Wildman–Crippen LogP) is 7.36. The first-order chi connectivity index (χ1) is 22.0. The molecular formula is C36H39Cl2N3O4S. The van der Waals surface area contributed by atoms with Gasteiger partial charge >= 0.3 is 0 Å². The SMILES string of the molecule is CCCCNC(=O)[C@H](Cc1ccccc1)N(Cc1ccccc1Cl)C(=O)CN(c1ccc(C)c(C)c1)S(=O)(=O)c1ccc(Cl)cc1. The molecule has 4 aromatic carbocycles. The zero-order chi connectivity index (χ0) is 33.3. The molecule has 0 saturated heterocycles. The molecule has 0 aliphatic heterocycles. The monoisotopic (exact) mass is 679 g/mol. The number of amides is 2. The van der Waals surface area contributed by atoms with Crippen molar-refractivity contribution in [1.29, 1.82) is 0 Å². The summed E-state index contributed by atoms with van der Waals surface area (Å²) in [5.74, 6) is -0.877. The van der Waals surface area contributed by atoms with E-state index in [1.54, 1.807) is 30.3 Å². The van der Waals surface area contributed by atoms with Gasteiger partial charge in [-0.25, -0.2) is 8.42 Å². The molecule has 242 valence electrons. The van der Waals surface area contributed by atoms with Gasteiger partial charge < -0.3 is 10.2 Å². The van der Waals surface area contributed by atoms with Gasteiger partial charge in [-0.2, -0.15) is 0 Å². The van der Waals surface area contributed by atoms with Crippen molar-refractivity contribution >= 4 is 50.7 Å². The summed E-state index contributed by atoms with van der Waals surface area (Å²) in [5.41, 5.74) is 3.67. The third-order valence-corrected chi connectivity index (χ3v) is 10.3. The third kappa shape index (κ3) is 8.90. The second kappa shape index (κ2) is 16.1. The highest BCUT2D eigenvalue weighted by atomic mass is 35.5. The van der Waals surface area contributed by atoms with Crippen LogP contribution in [0.15, 0.2) is 102 Å². The molecular weight excluding hydrogens is 641 g/mol. The fourth-order valence-corrected chi connectivity index (χ4v) is 6.74. The number of hydrogen-bond donors (Lipinski definition) is 1. The number of nitrogens with zero attached hydrogens (tertiary/aromatic N) is 2. The minimum absolute atomic E-state index is 0.00103. The van der Waals surface area contributed by atoms with Crippen molar-refractivity contribution in [3.63, 3.8) is 0 Å². The number of anilines is 1. The lowest BCUT2D eigenvalue weighted by Gasteiger charge is -2.34. The Balaban J connectivity index is 1.81. The molecule has 4 rings (SSSR count). The van der Waals surface area contributed by atoms with Crippen LogP contribution in [0, 0.1) is 13.8 Å². The Morgan fingerprint density at radius 2 is 1.52 bits per heavy atom. The zero-order valence-corrected chi connectivity index (χ0v) is 28.6. The fraction of sp³-hybridized carbons (Fsp3) is 0.278. The maximum absolute atomic E-state index is 14.6. The van der Waals surface area contributed by atoms with Crippen molar-refractivity contribution < 1.29 is 18.0 Å². The highest BCUT2D eigenvalue weighted by Gasteiger charge is 2.35. The predicted molar refractivity (Wildman–Crippen MR) is 186 cm³/mol. The second-order valence-electron chi connectivity index (χ2n) is 11.2. The van der Waals surface area contributed by atoms with Crippen LogP contribution in [0.4, 0.5) is 5.69 Å². The minimum atomic E-state index is -4.23. The molecule has 10 heteroatoms. The van der Waals surface area contributed by atoms with Gasteiger partial charge in [-0.05, 0) is 85.0 Å². The van der Waals surface area contributed by atoms with Crippen molar-refractivity contribution in [1.82, 2.24) is 10.2 Å². The maximum Gasteiger partial charge on any atom is 0.264 e. The normalized spacial score (nSPS) is 11.9. The first-order valence-electron chi connectivity index (χ1n) is 15.2. The van der Waals surface area contributed by atoms with Crippen LogP contribution >= 0.6 is 23.2 Å². The number of carbonyl (C=O) groups is 2. The van der Waals surface area contributed by atoms with Crippen LogP contribution in [0.25, 0.3) is 0 Å². The molecule has 0 aliphatic rings. The van der Waals surface area contributed by atoms with Crippen LogP contribution in [0.3, 0.4) is 0 Å². The van der Waals surface area contributed by atoms with E-state index < -0.39 is 28.5 Å². The first-order valence-corrected chi connectivity index (χ1v) is 17.4. The molecule has 0 bridgehead atoms. The number of hydrogen-bond acceptors (Lipinski definition) is 4. The number of halogens is 2. The molecule has 1 N–H and O–H groups in total. The first kappa shape index (κ1) is 35.0. The number of unbranched alkanes of at least 4 members (excludes halogenated alkanes) is 1. The van der Waals surface area contributed by atoms with Crippen LogP contribution in [0.1, 0.15) is 42.0 Å². The Morgan fingerprint density at radius 1 is 0.848 bits per heavy atom. The smallest absolute Gasteiger partial charge is 0.264 e. The molecule has 0 aliphatic carbocycles. The number of aryl methyl sites for hydroxylation is 2. The summed E-state index contributed by atoms with van der Waals surface area (Å²) in [6.07, 6.45) is 1.89. The van der Waals surface area contributed by atoms with E-state index in [0.29, 0.717) is 27.8 Å². The summed E-state index contributed by atoms with van der Waals surface area (Å²) in [7, 11) is -4.23. The van der Waals surface area contributed by atoms with E-state index >= 15 is 0 Å². The summed E-state index contributed by atoms with van der Waals surface area (Å²) < 4.78 is 29.5. The molecule has 0 radical (unpaired) electrons. The van der Waals surface area contributed by atoms with Crippen molar-refractivity contribution in [2.45, 2.75) is 57.5 Å². The maximum atomic E-state index is 14.6. The average Bonchev–Trinajstić information content (AvgIpc) is 3.04. The van der Waals surface area contributed by atoms with Gasteiger partial charge in [0.25, 0.3) is 10.0 Å². The van der Waals surface area contributed by atoms with Crippen LogP contribution < -0.4 is 9.62 Å². The molecule has 2 amide bonds. The molecule has 0 aromatic heterocycles. The van der Waals surface area contributed by atoms with E-state index in [1.807, 2.05) is 63.2 Å². The minimum Gasteiger partial charge on any atom is -0.354 e. The summed E-state index contributed by atoms with van der Waals surface area (Å²) >= 11 is 12.6. The molecule has 0 heterocycles. The highest BCUT2D eigenvalue weighted by Crippen LogP contribution is 2.28. The van der Waals surface area contributed by atoms with E-state index in [9.17, 15) is 18.0 Å². The lowest BCUT2D eigenvalue weighted by atomic mass is 10.0. The summed E-state index contributed by atoms with van der Waals surface area (Å²) in [4.78, 5) is 29.8. The van der Waals surface area contributed by atoms with Gasteiger partial charge in [0.1, 0.15) is 12.6 Å². The number of carbonyl (C=O) groups excluding carboxylic acids is 2. The van der Waals surface area contributed by atoms with Crippen LogP contribution in [0.5, 0.6) is 0 Å². The lowest BCUT2D eigenvalue weighted by Crippen LogP contribution is -2.53. The van der Waals surface area contributed by atoms with E-state index in [2.05, 4.69) is 5.32 Å². The van der Waals surface area contributed by atoms with Gasteiger partial charge in [0.2, 0.25) is 11.8 Å². The third-order valence-electron chi connectivity index (χ3n) is 7.86. The van der Waals surface area contributed by atoms with Crippen molar-refractivity contribution in [2.75, 3.05) is 17.4 Å². The Kier molecular flexibility index (Phi) is 12.3. The molecule has 46 heavy (non-hydrogen) atoms. The fourth-order valence-electron chi connectivity index (χ4n) is 5.01. The standard InChI is InChI=1S/C36H39Cl2N3O4S/c1-4-5-21-39-36(43)34(23-28-11-7-6-8-12-28)40(24-29-13-9-10-14-33(29)38)35(42)25-41(31-18-15-26(2)27(3)22-31)46(44,45)32-19-16-30(37)17-20-32/h6-20,22,34H,4-5,21,23-25H2,1-3H3,(H,39,43)/t34-/m0/s1. The van der Waals surface area contributed by atoms with Gasteiger partial charge in [-0.1, -0.05) is 91.1 Å². The number of sulfonamides is 1. The Labute approximate surface area is 282 Å². The zero-order valence-electron chi connectivity index (χ0n) is 26.2. The van der Waals surface area contributed by atoms with Crippen LogP contribution in [0.2, 0.25) is 10.0 Å². The van der Waals surface area contributed by atoms with Crippen molar-refractivity contribution in [3.8, 4) is 0 Å². The van der Waals surface area contributed by atoms with Crippen molar-refractivity contribution in [3.05, 3.63) is 129 Å². The van der Waals surface area contributed by atoms with E-state index in [1.165, 1.54) is 29.2 Å². The summed E-state index contributed by atoms with van der Waals surface area (Å²) in [6, 6.07) is 26.7. The quantitative estimate of drug-likeness (QED) is 0.141. The van der Waals surface area contributed by atoms with Crippen molar-refractivity contribution in [2.24, 2.45) is 0 Å². The Morgan fingerprint density at radius 3 is 2.17 bits per heavy atom. The molecule has 0 unspecified atom stereocenters. The van der Waals surface area contributed by atoms with Gasteiger partial charge in [-0.15, -0.1) is 0 Å². The molecule has 7 nitrogen and oxygen atoms in total.